The van der Waals surface area contributed by atoms with Crippen molar-refractivity contribution >= 4 is 11.6 Å². The SMILES string of the molecule is Cc1ccc(F)c(C(O)Cc2ccc(Cl)cc2F)c1F. The zero-order chi connectivity index (χ0) is 14.9. The smallest absolute Gasteiger partial charge is 0.134 e. The summed E-state index contributed by atoms with van der Waals surface area (Å²) < 4.78 is 41.1. The molecule has 0 saturated heterocycles. The Kier molecular flexibility index (Phi) is 4.35. The maximum Gasteiger partial charge on any atom is 0.134 e. The van der Waals surface area contributed by atoms with E-state index in [9.17, 15) is 18.3 Å². The van der Waals surface area contributed by atoms with Gasteiger partial charge in [-0.15, -0.1) is 0 Å². The largest absolute Gasteiger partial charge is 0.388 e. The summed E-state index contributed by atoms with van der Waals surface area (Å²) in [6.45, 7) is 1.47. The van der Waals surface area contributed by atoms with Gasteiger partial charge in [0, 0.05) is 11.4 Å². The summed E-state index contributed by atoms with van der Waals surface area (Å²) in [7, 11) is 0. The van der Waals surface area contributed by atoms with Crippen molar-refractivity contribution in [3.63, 3.8) is 0 Å². The molecule has 0 spiro atoms. The maximum atomic E-state index is 13.9. The Hall–Kier alpha value is -1.52. The van der Waals surface area contributed by atoms with Gasteiger partial charge in [-0.05, 0) is 36.2 Å². The van der Waals surface area contributed by atoms with E-state index < -0.39 is 29.1 Å². The number of hydrogen-bond acceptors (Lipinski definition) is 1. The Labute approximate surface area is 119 Å². The lowest BCUT2D eigenvalue weighted by Crippen LogP contribution is -2.09. The summed E-state index contributed by atoms with van der Waals surface area (Å²) >= 11 is 5.62. The molecule has 2 aromatic rings. The zero-order valence-electron chi connectivity index (χ0n) is 10.6. The van der Waals surface area contributed by atoms with Crippen molar-refractivity contribution in [3.8, 4) is 0 Å². The van der Waals surface area contributed by atoms with Crippen LogP contribution in [0.1, 0.15) is 22.8 Å². The summed E-state index contributed by atoms with van der Waals surface area (Å²) in [4.78, 5) is 0. The first kappa shape index (κ1) is 14.9. The molecule has 0 heterocycles. The molecule has 1 atom stereocenters. The third kappa shape index (κ3) is 2.97. The van der Waals surface area contributed by atoms with Gasteiger partial charge in [-0.1, -0.05) is 23.7 Å². The van der Waals surface area contributed by atoms with Crippen LogP contribution in [0.15, 0.2) is 30.3 Å². The van der Waals surface area contributed by atoms with Gasteiger partial charge in [-0.3, -0.25) is 0 Å². The first-order chi connectivity index (χ1) is 9.40. The molecule has 0 aliphatic heterocycles. The molecule has 1 nitrogen and oxygen atoms in total. The summed E-state index contributed by atoms with van der Waals surface area (Å²) in [5.41, 5.74) is -0.0846. The minimum Gasteiger partial charge on any atom is -0.388 e. The van der Waals surface area contributed by atoms with Gasteiger partial charge in [0.25, 0.3) is 0 Å². The van der Waals surface area contributed by atoms with E-state index in [1.807, 2.05) is 0 Å². The van der Waals surface area contributed by atoms with Gasteiger partial charge < -0.3 is 5.11 Å². The molecule has 106 valence electrons. The molecule has 0 aliphatic rings. The second kappa shape index (κ2) is 5.85. The summed E-state index contributed by atoms with van der Waals surface area (Å²) in [6, 6.07) is 6.29. The number of benzene rings is 2. The van der Waals surface area contributed by atoms with Gasteiger partial charge in [-0.2, -0.15) is 0 Å². The molecule has 5 heteroatoms. The predicted octanol–water partition coefficient (Wildman–Crippen LogP) is 4.34. The molecule has 0 bridgehead atoms. The monoisotopic (exact) mass is 300 g/mol. The fourth-order valence-electron chi connectivity index (χ4n) is 1.98. The molecule has 2 rings (SSSR count). The molecule has 0 amide bonds. The van der Waals surface area contributed by atoms with Crippen LogP contribution in [0.25, 0.3) is 0 Å². The van der Waals surface area contributed by atoms with E-state index in [-0.39, 0.29) is 22.6 Å². The zero-order valence-corrected chi connectivity index (χ0v) is 11.4. The van der Waals surface area contributed by atoms with Crippen molar-refractivity contribution in [2.24, 2.45) is 0 Å². The summed E-state index contributed by atoms with van der Waals surface area (Å²) in [5.74, 6) is -2.29. The standard InChI is InChI=1S/C15H12ClF3O/c1-8-2-5-11(17)14(15(8)19)13(20)6-9-3-4-10(16)7-12(9)18/h2-5,7,13,20H,6H2,1H3. The van der Waals surface area contributed by atoms with Gasteiger partial charge in [0.1, 0.15) is 17.5 Å². The third-order valence-corrected chi connectivity index (χ3v) is 3.32. The number of aryl methyl sites for hydroxylation is 1. The second-order valence-corrected chi connectivity index (χ2v) is 4.98. The molecule has 20 heavy (non-hydrogen) atoms. The normalized spacial score (nSPS) is 12.5. The fourth-order valence-corrected chi connectivity index (χ4v) is 2.14. The first-order valence-corrected chi connectivity index (χ1v) is 6.34. The summed E-state index contributed by atoms with van der Waals surface area (Å²) in [5, 5.41) is 10.2. The third-order valence-electron chi connectivity index (χ3n) is 3.08. The van der Waals surface area contributed by atoms with Crippen molar-refractivity contribution in [2.75, 3.05) is 0 Å². The van der Waals surface area contributed by atoms with Crippen LogP contribution in [0.2, 0.25) is 5.02 Å². The van der Waals surface area contributed by atoms with E-state index in [2.05, 4.69) is 0 Å². The molecule has 0 fully saturated rings. The number of rotatable bonds is 3. The lowest BCUT2D eigenvalue weighted by molar-refractivity contribution is 0.167. The Bertz CT molecular complexity index is 643. The predicted molar refractivity (Wildman–Crippen MR) is 71.2 cm³/mol. The fraction of sp³-hybridized carbons (Fsp3) is 0.200. The minimum atomic E-state index is -1.47. The molecule has 0 saturated carbocycles. The van der Waals surface area contributed by atoms with Crippen molar-refractivity contribution in [2.45, 2.75) is 19.4 Å². The number of hydrogen-bond donors (Lipinski definition) is 1. The van der Waals surface area contributed by atoms with Crippen LogP contribution in [0.4, 0.5) is 13.2 Å². The molecular weight excluding hydrogens is 289 g/mol. The highest BCUT2D eigenvalue weighted by Crippen LogP contribution is 2.27. The van der Waals surface area contributed by atoms with Gasteiger partial charge in [0.05, 0.1) is 11.7 Å². The maximum absolute atomic E-state index is 13.9. The Morgan fingerprint density at radius 2 is 1.80 bits per heavy atom. The van der Waals surface area contributed by atoms with Gasteiger partial charge >= 0.3 is 0 Å². The van der Waals surface area contributed by atoms with Crippen LogP contribution in [0.5, 0.6) is 0 Å². The van der Waals surface area contributed by atoms with Gasteiger partial charge in [0.2, 0.25) is 0 Å². The topological polar surface area (TPSA) is 20.2 Å². The van der Waals surface area contributed by atoms with E-state index >= 15 is 0 Å². The van der Waals surface area contributed by atoms with E-state index in [1.54, 1.807) is 0 Å². The number of aliphatic hydroxyl groups is 1. The molecule has 1 unspecified atom stereocenters. The van der Waals surface area contributed by atoms with E-state index in [4.69, 9.17) is 11.6 Å². The Morgan fingerprint density at radius 3 is 2.45 bits per heavy atom. The molecule has 0 aromatic heterocycles. The minimum absolute atomic E-state index is 0.141. The molecule has 0 radical (unpaired) electrons. The lowest BCUT2D eigenvalue weighted by Gasteiger charge is -2.15. The van der Waals surface area contributed by atoms with Gasteiger partial charge in [-0.25, -0.2) is 13.2 Å². The average molecular weight is 301 g/mol. The highest BCUT2D eigenvalue weighted by atomic mass is 35.5. The molecule has 0 aliphatic carbocycles. The number of halogens is 4. The van der Waals surface area contributed by atoms with E-state index in [0.29, 0.717) is 0 Å². The van der Waals surface area contributed by atoms with Gasteiger partial charge in [0.15, 0.2) is 0 Å². The van der Waals surface area contributed by atoms with Crippen LogP contribution >= 0.6 is 11.6 Å². The first-order valence-electron chi connectivity index (χ1n) is 5.96. The van der Waals surface area contributed by atoms with Crippen LogP contribution in [-0.2, 0) is 6.42 Å². The van der Waals surface area contributed by atoms with Crippen LogP contribution in [0, 0.1) is 24.4 Å². The van der Waals surface area contributed by atoms with Crippen LogP contribution in [0.3, 0.4) is 0 Å². The molecular formula is C15H12ClF3O. The van der Waals surface area contributed by atoms with Crippen molar-refractivity contribution in [1.82, 2.24) is 0 Å². The Balaban J connectivity index is 2.33. The number of aliphatic hydroxyl groups excluding tert-OH is 1. The quantitative estimate of drug-likeness (QED) is 0.894. The average Bonchev–Trinajstić information content (AvgIpc) is 2.38. The van der Waals surface area contributed by atoms with Crippen molar-refractivity contribution < 1.29 is 18.3 Å². The van der Waals surface area contributed by atoms with Crippen LogP contribution in [-0.4, -0.2) is 5.11 Å². The highest BCUT2D eigenvalue weighted by Gasteiger charge is 2.21. The second-order valence-electron chi connectivity index (χ2n) is 4.55. The molecule has 2 aromatic carbocycles. The van der Waals surface area contributed by atoms with E-state index in [0.717, 1.165) is 12.1 Å². The van der Waals surface area contributed by atoms with Crippen LogP contribution < -0.4 is 0 Å². The lowest BCUT2D eigenvalue weighted by atomic mass is 9.98. The Morgan fingerprint density at radius 1 is 1.10 bits per heavy atom. The summed E-state index contributed by atoms with van der Waals surface area (Å²) in [6.07, 6.45) is -1.70. The van der Waals surface area contributed by atoms with E-state index in [1.165, 1.54) is 25.1 Å². The highest BCUT2D eigenvalue weighted by molar-refractivity contribution is 6.30. The van der Waals surface area contributed by atoms with Crippen molar-refractivity contribution in [1.29, 1.82) is 0 Å². The molecule has 1 N–H and O–H groups in total. The van der Waals surface area contributed by atoms with Crippen molar-refractivity contribution in [3.05, 3.63) is 69.5 Å².